The van der Waals surface area contributed by atoms with Gasteiger partial charge in [-0.2, -0.15) is 23.7 Å². The molecule has 1 aliphatic carbocycles. The number of benzene rings is 2. The van der Waals surface area contributed by atoms with Crippen molar-refractivity contribution in [2.24, 2.45) is 7.05 Å². The third-order valence-electron chi connectivity index (χ3n) is 9.05. The molecule has 2 aromatic heterocycles. The molecule has 1 amide bonds. The maximum Gasteiger partial charge on any atom is 0.416 e. The summed E-state index contributed by atoms with van der Waals surface area (Å²) in [4.78, 5) is 21.9. The van der Waals surface area contributed by atoms with Gasteiger partial charge >= 0.3 is 6.18 Å². The van der Waals surface area contributed by atoms with Gasteiger partial charge in [0.1, 0.15) is 23.5 Å². The summed E-state index contributed by atoms with van der Waals surface area (Å²) < 4.78 is 44.9. The van der Waals surface area contributed by atoms with E-state index in [-0.39, 0.29) is 23.5 Å². The third-order valence-corrected chi connectivity index (χ3v) is 9.05. The fourth-order valence-corrected chi connectivity index (χ4v) is 6.28. The van der Waals surface area contributed by atoms with Gasteiger partial charge in [-0.25, -0.2) is 4.98 Å². The molecule has 0 atom stereocenters. The van der Waals surface area contributed by atoms with E-state index in [4.69, 9.17) is 0 Å². The van der Waals surface area contributed by atoms with Crippen molar-refractivity contribution >= 4 is 17.5 Å². The van der Waals surface area contributed by atoms with Crippen molar-refractivity contribution in [1.29, 1.82) is 10.5 Å². The minimum atomic E-state index is -4.65. The van der Waals surface area contributed by atoms with Crippen molar-refractivity contribution in [3.05, 3.63) is 76.6 Å². The highest BCUT2D eigenvalue weighted by atomic mass is 19.4. The average Bonchev–Trinajstić information content (AvgIpc) is 3.58. The lowest BCUT2D eigenvalue weighted by molar-refractivity contribution is -0.138. The molecule has 0 bridgehead atoms. The molecular weight excluding hydrogens is 595 g/mol. The quantitative estimate of drug-likeness (QED) is 0.280. The van der Waals surface area contributed by atoms with Crippen molar-refractivity contribution in [1.82, 2.24) is 24.6 Å². The standard InChI is InChI=1S/C33H28F3N9O/c1-43-19-39-42-30(43)23-5-4-20(15-37)10-24(23)22-13-28(41-32(18-38)6-2-7-32)40-29(14-22)45-17-26-25(31(45)46)11-21(16-44-8-3-9-44)12-27(26)33(34,35)36/h4-5,10-14,19H,2-3,6-9,16-17H2,1H3,(H,40,41). The van der Waals surface area contributed by atoms with Gasteiger partial charge in [0, 0.05) is 24.7 Å². The summed E-state index contributed by atoms with van der Waals surface area (Å²) in [5.41, 5.74) is 0.810. The minimum absolute atomic E-state index is 0.00537. The molecule has 1 saturated carbocycles. The van der Waals surface area contributed by atoms with Gasteiger partial charge in [0.25, 0.3) is 5.91 Å². The van der Waals surface area contributed by atoms with Crippen LogP contribution in [0.5, 0.6) is 0 Å². The zero-order valence-electron chi connectivity index (χ0n) is 24.9. The van der Waals surface area contributed by atoms with Gasteiger partial charge in [-0.3, -0.25) is 14.6 Å². The molecule has 232 valence electrons. The Morgan fingerprint density at radius 3 is 2.43 bits per heavy atom. The predicted molar refractivity (Wildman–Crippen MR) is 162 cm³/mol. The predicted octanol–water partition coefficient (Wildman–Crippen LogP) is 5.66. The van der Waals surface area contributed by atoms with Crippen LogP contribution in [-0.4, -0.2) is 49.2 Å². The number of likely N-dealkylation sites (tertiary alicyclic amines) is 1. The summed E-state index contributed by atoms with van der Waals surface area (Å²) in [6.07, 6.45) is -0.0641. The summed E-state index contributed by atoms with van der Waals surface area (Å²) in [5.74, 6) is 0.351. The number of aryl methyl sites for hydroxylation is 1. The van der Waals surface area contributed by atoms with Crippen LogP contribution in [0, 0.1) is 22.7 Å². The summed E-state index contributed by atoms with van der Waals surface area (Å²) >= 11 is 0. The van der Waals surface area contributed by atoms with Crippen LogP contribution in [0.3, 0.4) is 0 Å². The fourth-order valence-electron chi connectivity index (χ4n) is 6.28. The summed E-state index contributed by atoms with van der Waals surface area (Å²) in [6, 6.07) is 15.6. The molecule has 4 heterocycles. The Hall–Kier alpha value is -5.27. The Kier molecular flexibility index (Phi) is 7.02. The number of alkyl halides is 3. The van der Waals surface area contributed by atoms with Crippen molar-refractivity contribution in [3.63, 3.8) is 0 Å². The molecule has 46 heavy (non-hydrogen) atoms. The van der Waals surface area contributed by atoms with Crippen molar-refractivity contribution in [3.8, 4) is 34.7 Å². The number of pyridine rings is 1. The van der Waals surface area contributed by atoms with E-state index < -0.39 is 23.2 Å². The van der Waals surface area contributed by atoms with Gasteiger partial charge in [-0.05, 0) is 103 Å². The summed E-state index contributed by atoms with van der Waals surface area (Å²) in [6.45, 7) is 1.62. The molecule has 2 aromatic carbocycles. The van der Waals surface area contributed by atoms with Crippen molar-refractivity contribution in [2.75, 3.05) is 23.3 Å². The molecular formula is C33H28F3N9O. The molecule has 0 radical (unpaired) electrons. The molecule has 10 nitrogen and oxygen atoms in total. The number of hydrogen-bond acceptors (Lipinski definition) is 8. The molecule has 1 saturated heterocycles. The zero-order valence-corrected chi connectivity index (χ0v) is 24.9. The smallest absolute Gasteiger partial charge is 0.352 e. The number of halogens is 3. The maximum absolute atomic E-state index is 14.4. The Balaban J connectivity index is 1.36. The van der Waals surface area contributed by atoms with Gasteiger partial charge in [-0.1, -0.05) is 0 Å². The van der Waals surface area contributed by atoms with Gasteiger partial charge in [0.05, 0.1) is 29.8 Å². The highest BCUT2D eigenvalue weighted by Crippen LogP contribution is 2.42. The van der Waals surface area contributed by atoms with E-state index in [0.29, 0.717) is 58.8 Å². The molecule has 0 spiro atoms. The normalized spacial score (nSPS) is 17.1. The number of rotatable bonds is 7. The highest BCUT2D eigenvalue weighted by Gasteiger charge is 2.42. The van der Waals surface area contributed by atoms with E-state index in [1.807, 2.05) is 4.90 Å². The topological polar surface area (TPSA) is 127 Å². The zero-order chi connectivity index (χ0) is 32.2. The molecule has 0 unspecified atom stereocenters. The average molecular weight is 624 g/mol. The second kappa shape index (κ2) is 11.0. The lowest BCUT2D eigenvalue weighted by Crippen LogP contribution is -2.43. The molecule has 13 heteroatoms. The summed E-state index contributed by atoms with van der Waals surface area (Å²) in [7, 11) is 1.78. The van der Waals surface area contributed by atoms with Crippen molar-refractivity contribution in [2.45, 2.75) is 50.5 Å². The number of nitriles is 2. The number of fused-ring (bicyclic) bond motifs is 1. The van der Waals surface area contributed by atoms with Crippen LogP contribution in [0.2, 0.25) is 0 Å². The lowest BCUT2D eigenvalue weighted by Gasteiger charge is -2.36. The first kappa shape index (κ1) is 29.4. The van der Waals surface area contributed by atoms with Crippen LogP contribution in [0.1, 0.15) is 58.3 Å². The molecule has 1 N–H and O–H groups in total. The monoisotopic (exact) mass is 623 g/mol. The van der Waals surface area contributed by atoms with Crippen LogP contribution < -0.4 is 10.2 Å². The second-order valence-electron chi connectivity index (χ2n) is 12.1. The molecule has 2 aliphatic heterocycles. The maximum atomic E-state index is 14.4. The van der Waals surface area contributed by atoms with E-state index in [1.54, 1.807) is 54.3 Å². The Morgan fingerprint density at radius 2 is 1.83 bits per heavy atom. The molecule has 2 fully saturated rings. The van der Waals surface area contributed by atoms with Crippen LogP contribution in [-0.2, 0) is 26.3 Å². The number of hydrogen-bond donors (Lipinski definition) is 1. The number of nitrogens with one attached hydrogen (secondary N) is 1. The first-order chi connectivity index (χ1) is 22.1. The van der Waals surface area contributed by atoms with E-state index in [9.17, 15) is 28.5 Å². The minimum Gasteiger partial charge on any atom is -0.352 e. The highest BCUT2D eigenvalue weighted by molar-refractivity contribution is 6.10. The van der Waals surface area contributed by atoms with Crippen LogP contribution >= 0.6 is 0 Å². The van der Waals surface area contributed by atoms with Crippen LogP contribution in [0.4, 0.5) is 24.8 Å². The lowest BCUT2D eigenvalue weighted by atomic mass is 9.78. The Bertz CT molecular complexity index is 1960. The van der Waals surface area contributed by atoms with Gasteiger partial charge in [0.15, 0.2) is 5.82 Å². The van der Waals surface area contributed by atoms with Crippen LogP contribution in [0.15, 0.2) is 48.8 Å². The largest absolute Gasteiger partial charge is 0.416 e. The Labute approximate surface area is 262 Å². The second-order valence-corrected chi connectivity index (χ2v) is 12.1. The van der Waals surface area contributed by atoms with Gasteiger partial charge < -0.3 is 9.88 Å². The summed E-state index contributed by atoms with van der Waals surface area (Å²) in [5, 5.41) is 31.1. The number of carbonyl (C=O) groups excluding carboxylic acids is 1. The molecule has 3 aliphatic rings. The van der Waals surface area contributed by atoms with Gasteiger partial charge in [-0.15, -0.1) is 10.2 Å². The van der Waals surface area contributed by atoms with E-state index in [1.165, 1.54) is 4.90 Å². The Morgan fingerprint density at radius 1 is 1.02 bits per heavy atom. The molecule has 7 rings (SSSR count). The van der Waals surface area contributed by atoms with Crippen molar-refractivity contribution < 1.29 is 18.0 Å². The first-order valence-electron chi connectivity index (χ1n) is 15.0. The SMILES string of the molecule is Cn1cnnc1-c1ccc(C#N)cc1-c1cc(NC2(C#N)CCC2)nc(N2Cc3c(cc(CN4CCC4)cc3C(F)(F)F)C2=O)c1. The molecule has 4 aromatic rings. The van der Waals surface area contributed by atoms with E-state index >= 15 is 0 Å². The third kappa shape index (κ3) is 5.12. The van der Waals surface area contributed by atoms with E-state index in [2.05, 4.69) is 32.6 Å². The van der Waals surface area contributed by atoms with Gasteiger partial charge in [0.2, 0.25) is 0 Å². The number of amides is 1. The number of aromatic nitrogens is 4. The van der Waals surface area contributed by atoms with E-state index in [0.717, 1.165) is 32.0 Å². The fraction of sp³-hybridized carbons (Fsp3) is 0.333. The first-order valence-corrected chi connectivity index (χ1v) is 15.0. The van der Waals surface area contributed by atoms with Crippen LogP contribution in [0.25, 0.3) is 22.5 Å². The number of anilines is 2. The number of carbonyl (C=O) groups is 1. The number of nitrogens with zero attached hydrogens (tertiary/aromatic N) is 8.